The number of carbonyl (C=O) groups excluding carboxylic acids is 6. The van der Waals surface area contributed by atoms with Gasteiger partial charge in [-0.05, 0) is 147 Å². The number of anilines is 2. The highest BCUT2D eigenvalue weighted by atomic mass is 35.5. The zero-order chi connectivity index (χ0) is 69.7. The molecule has 2 heterocycles. The number of nitro groups is 1. The number of hydrogen-bond acceptors (Lipinski definition) is 16. The van der Waals surface area contributed by atoms with Gasteiger partial charge in [0, 0.05) is 74.8 Å². The predicted octanol–water partition coefficient (Wildman–Crippen LogP) is 14.6. The molecule has 504 valence electrons. The zero-order valence-corrected chi connectivity index (χ0v) is 55.0. The molecule has 0 radical (unpaired) electrons. The second-order valence-electron chi connectivity index (χ2n) is 24.3. The van der Waals surface area contributed by atoms with E-state index in [1.807, 2.05) is 27.7 Å². The van der Waals surface area contributed by atoms with Gasteiger partial charge in [-0.15, -0.1) is 0 Å². The van der Waals surface area contributed by atoms with Gasteiger partial charge in [0.2, 0.25) is 5.91 Å². The first kappa shape index (κ1) is 75.5. The molecular formula is C67H75Cl2F4N7O14. The Morgan fingerprint density at radius 1 is 0.628 bits per heavy atom. The standard InChI is InChI=1S/C27H30ClF2N3O4.C25H34FN3O6.C15H11ClFNO4/c1-27(2,16-34)13-21(33(3)24(35)10-8-17-5-4-6-22(30)25(17)28)15-37-26(36)32-23-12-19-11-20(29)9-7-18(19)14-31-23;1-16(30)34-15-25(5,6)12-20(29(7)23(32)35-24(2,3)4)14-33-22(31)28-21-11-18-10-19(26)9-8-17(18)13-27-21;16-15-10(2-1-3-13(15)17)4-9-14(19)22-12-7-5-11(6-8-12)18(20)21/h4-7,9,11-12,14,21,34H,8,10,13,15-16H2,1-3H3,(H,31,32,36);8-11,13,20H,12,14-15H2,1-7H3,(H,27,28,31);1-3,5-8H,4,9H2/t21-;20-;/m00./s1. The minimum absolute atomic E-state index is 0.00867. The van der Waals surface area contributed by atoms with E-state index >= 15 is 0 Å². The maximum Gasteiger partial charge on any atom is 0.412 e. The molecule has 0 aliphatic heterocycles. The minimum Gasteiger partial charge on any atom is -0.465 e. The second kappa shape index (κ2) is 34.6. The number of ether oxygens (including phenoxy) is 5. The van der Waals surface area contributed by atoms with Crippen molar-refractivity contribution in [3.8, 4) is 5.75 Å². The summed E-state index contributed by atoms with van der Waals surface area (Å²) in [4.78, 5) is 94.6. The lowest BCUT2D eigenvalue weighted by molar-refractivity contribution is -0.384. The van der Waals surface area contributed by atoms with E-state index in [0.29, 0.717) is 40.1 Å². The number of likely N-dealkylation sites (N-methyl/N-ethyl adjacent to an activating group) is 2. The van der Waals surface area contributed by atoms with Crippen LogP contribution in [0.4, 0.5) is 49.3 Å². The van der Waals surface area contributed by atoms with Crippen molar-refractivity contribution in [1.82, 2.24) is 19.8 Å². The SMILES string of the molecule is CC(=O)OCC(C)(C)C[C@@H](COC(=O)Nc1cc2cc(F)ccc2cn1)N(C)C(=O)OC(C)(C)C.CN(C(=O)CCc1cccc(F)c1Cl)[C@H](COC(=O)Nc1cc2cc(F)ccc2cn1)CC(C)(C)CO.O=C(CCc1cccc(F)c1Cl)Oc1ccc([N+](=O)[O-])cc1. The first-order valence-corrected chi connectivity index (χ1v) is 30.1. The van der Waals surface area contributed by atoms with E-state index in [0.717, 1.165) is 5.39 Å². The molecule has 2 aromatic heterocycles. The van der Waals surface area contributed by atoms with E-state index in [9.17, 15) is 61.5 Å². The molecule has 3 N–H and O–H groups in total. The van der Waals surface area contributed by atoms with E-state index in [4.69, 9.17) is 46.9 Å². The molecule has 27 heteroatoms. The summed E-state index contributed by atoms with van der Waals surface area (Å²) >= 11 is 11.8. The minimum atomic E-state index is -0.789. The lowest BCUT2D eigenvalue weighted by atomic mass is 9.86. The molecule has 94 heavy (non-hydrogen) atoms. The van der Waals surface area contributed by atoms with Crippen LogP contribution in [0.1, 0.15) is 92.2 Å². The van der Waals surface area contributed by atoms with Gasteiger partial charge in [0.05, 0.1) is 40.1 Å². The van der Waals surface area contributed by atoms with Crippen LogP contribution in [0.25, 0.3) is 21.5 Å². The van der Waals surface area contributed by atoms with Crippen LogP contribution in [0.2, 0.25) is 10.0 Å². The predicted molar refractivity (Wildman–Crippen MR) is 346 cm³/mol. The Labute approximate surface area is 551 Å². The van der Waals surface area contributed by atoms with Crippen LogP contribution in [-0.2, 0) is 46.2 Å². The van der Waals surface area contributed by atoms with Crippen LogP contribution in [0.3, 0.4) is 0 Å². The van der Waals surface area contributed by atoms with Gasteiger partial charge in [-0.1, -0.05) is 75.2 Å². The molecule has 0 aliphatic carbocycles. The van der Waals surface area contributed by atoms with Crippen molar-refractivity contribution in [2.24, 2.45) is 10.8 Å². The number of fused-ring (bicyclic) bond motifs is 2. The number of halogens is 6. The van der Waals surface area contributed by atoms with Crippen LogP contribution in [0, 0.1) is 44.2 Å². The molecule has 0 unspecified atom stereocenters. The van der Waals surface area contributed by atoms with Crippen LogP contribution < -0.4 is 15.4 Å². The summed E-state index contributed by atoms with van der Waals surface area (Å²) in [6.45, 7) is 13.7. The van der Waals surface area contributed by atoms with Crippen LogP contribution in [0.15, 0.2) is 122 Å². The number of aliphatic hydroxyl groups is 1. The first-order valence-electron chi connectivity index (χ1n) is 29.4. The molecule has 0 spiro atoms. The molecule has 0 fully saturated rings. The topological polar surface area (TPSA) is 268 Å². The highest BCUT2D eigenvalue weighted by molar-refractivity contribution is 6.31. The Balaban J connectivity index is 0.000000264. The lowest BCUT2D eigenvalue weighted by Gasteiger charge is -2.35. The third-order valence-corrected chi connectivity index (χ3v) is 14.9. The average Bonchev–Trinajstić information content (AvgIpc) is 0.916. The van der Waals surface area contributed by atoms with Gasteiger partial charge in [0.15, 0.2) is 0 Å². The van der Waals surface area contributed by atoms with Crippen molar-refractivity contribution in [3.05, 3.63) is 176 Å². The zero-order valence-electron chi connectivity index (χ0n) is 53.5. The average molecular weight is 1350 g/mol. The Morgan fingerprint density at radius 3 is 1.55 bits per heavy atom. The number of rotatable bonds is 23. The number of nitrogens with zero attached hydrogens (tertiary/aromatic N) is 5. The number of esters is 2. The molecule has 0 aliphatic rings. The van der Waals surface area contributed by atoms with Crippen molar-refractivity contribution >= 4 is 98.2 Å². The second-order valence-corrected chi connectivity index (χ2v) is 25.1. The van der Waals surface area contributed by atoms with Gasteiger partial charge >= 0.3 is 30.2 Å². The molecule has 0 bridgehead atoms. The number of benzene rings is 5. The number of nitrogens with one attached hydrogen (secondary N) is 2. The molecule has 0 saturated heterocycles. The molecule has 21 nitrogen and oxygen atoms in total. The summed E-state index contributed by atoms with van der Waals surface area (Å²) in [6, 6.07) is 24.4. The number of amides is 4. The summed E-state index contributed by atoms with van der Waals surface area (Å²) in [5.41, 5.74) is -0.823. The third-order valence-electron chi connectivity index (χ3n) is 14.0. The van der Waals surface area contributed by atoms with E-state index in [2.05, 4.69) is 20.6 Å². The van der Waals surface area contributed by atoms with Crippen LogP contribution in [0.5, 0.6) is 5.75 Å². The van der Waals surface area contributed by atoms with Crippen LogP contribution in [-0.4, -0.2) is 124 Å². The summed E-state index contributed by atoms with van der Waals surface area (Å²) < 4.78 is 80.4. The molecule has 4 amide bonds. The van der Waals surface area contributed by atoms with Gasteiger partial charge in [0.25, 0.3) is 5.69 Å². The van der Waals surface area contributed by atoms with Crippen molar-refractivity contribution in [3.63, 3.8) is 0 Å². The fourth-order valence-electron chi connectivity index (χ4n) is 8.94. The normalized spacial score (nSPS) is 11.9. The molecule has 5 aromatic carbocycles. The Hall–Kier alpha value is -9.20. The van der Waals surface area contributed by atoms with Gasteiger partial charge in [-0.3, -0.25) is 35.1 Å². The maximum atomic E-state index is 13.7. The summed E-state index contributed by atoms with van der Waals surface area (Å²) in [6.07, 6.45) is 2.15. The largest absolute Gasteiger partial charge is 0.465 e. The van der Waals surface area contributed by atoms with E-state index in [1.54, 1.807) is 59.1 Å². The summed E-state index contributed by atoms with van der Waals surface area (Å²) in [7, 11) is 3.15. The van der Waals surface area contributed by atoms with E-state index in [1.165, 1.54) is 114 Å². The quantitative estimate of drug-likeness (QED) is 0.0134. The Morgan fingerprint density at radius 2 is 1.10 bits per heavy atom. The number of aromatic nitrogens is 2. The van der Waals surface area contributed by atoms with E-state index in [-0.39, 0.29) is 91.1 Å². The summed E-state index contributed by atoms with van der Waals surface area (Å²) in [5.74, 6) is -2.50. The molecule has 0 saturated carbocycles. The lowest BCUT2D eigenvalue weighted by Crippen LogP contribution is -2.46. The van der Waals surface area contributed by atoms with Gasteiger partial charge < -0.3 is 38.6 Å². The number of pyridine rings is 2. The van der Waals surface area contributed by atoms with Crippen molar-refractivity contribution in [2.45, 2.75) is 112 Å². The number of aliphatic hydroxyl groups excluding tert-OH is 1. The van der Waals surface area contributed by atoms with Gasteiger partial charge in [-0.2, -0.15) is 0 Å². The Bertz CT molecular complexity index is 3800. The maximum absolute atomic E-state index is 13.7. The number of nitro benzene ring substituents is 1. The molecule has 2 atom stereocenters. The number of hydrogen-bond donors (Lipinski definition) is 3. The van der Waals surface area contributed by atoms with Crippen LogP contribution >= 0.6 is 23.2 Å². The number of non-ortho nitro benzene ring substituents is 1. The van der Waals surface area contributed by atoms with E-state index < -0.39 is 86.9 Å². The molecular weight excluding hydrogens is 1270 g/mol. The highest BCUT2D eigenvalue weighted by Gasteiger charge is 2.33. The smallest absolute Gasteiger partial charge is 0.412 e. The van der Waals surface area contributed by atoms with Crippen molar-refractivity contribution in [2.75, 3.05) is 51.2 Å². The first-order chi connectivity index (χ1) is 44.1. The monoisotopic (exact) mass is 1350 g/mol. The van der Waals surface area contributed by atoms with Crippen molar-refractivity contribution < 1.29 is 80.0 Å². The fraction of sp³-hybridized carbons (Fsp3) is 0.373. The fourth-order valence-corrected chi connectivity index (χ4v) is 9.38. The highest BCUT2D eigenvalue weighted by Crippen LogP contribution is 2.30. The molecule has 7 aromatic rings. The van der Waals surface area contributed by atoms with Gasteiger partial charge in [-0.25, -0.2) is 41.9 Å². The Kier molecular flexibility index (Phi) is 27.8. The third kappa shape index (κ3) is 25.0. The number of carbonyl (C=O) groups is 6. The summed E-state index contributed by atoms with van der Waals surface area (Å²) in [5, 5.41) is 27.8. The van der Waals surface area contributed by atoms with Gasteiger partial charge in [0.1, 0.15) is 59.5 Å². The molecule has 7 rings (SSSR count). The van der Waals surface area contributed by atoms with Crippen molar-refractivity contribution in [1.29, 1.82) is 0 Å². The number of aryl methyl sites for hydroxylation is 2.